The summed E-state index contributed by atoms with van der Waals surface area (Å²) in [5.41, 5.74) is 1.19. The van der Waals surface area contributed by atoms with Crippen LogP contribution in [-0.4, -0.2) is 6.29 Å². The predicted molar refractivity (Wildman–Crippen MR) is 99.7 cm³/mol. The highest BCUT2D eigenvalue weighted by Crippen LogP contribution is 2.68. The molecule has 1 heteroatoms. The lowest BCUT2D eigenvalue weighted by Gasteiger charge is -2.60. The lowest BCUT2D eigenvalue weighted by molar-refractivity contribution is -0.117. The molecule has 4 rings (SSSR count). The largest absolute Gasteiger partial charge is 0.303 e. The van der Waals surface area contributed by atoms with E-state index in [1.807, 2.05) is 0 Å². The lowest BCUT2D eigenvalue weighted by Crippen LogP contribution is -2.53. The van der Waals surface area contributed by atoms with Crippen LogP contribution in [0.5, 0.6) is 0 Å². The molecule has 0 aliphatic heterocycles. The van der Waals surface area contributed by atoms with E-state index in [-0.39, 0.29) is 0 Å². The third-order valence-electron chi connectivity index (χ3n) is 9.81. The highest BCUT2D eigenvalue weighted by molar-refractivity contribution is 5.49. The minimum Gasteiger partial charge on any atom is -0.303 e. The van der Waals surface area contributed by atoms with Crippen LogP contribution in [-0.2, 0) is 4.79 Å². The molecule has 0 aromatic carbocycles. The van der Waals surface area contributed by atoms with Crippen LogP contribution in [0.2, 0.25) is 0 Å². The average Bonchev–Trinajstić information content (AvgIpc) is 2.92. The Bertz CT molecular complexity index is 484. The van der Waals surface area contributed by atoms with Gasteiger partial charge in [-0.2, -0.15) is 0 Å². The number of rotatable bonds is 3. The zero-order valence-electron chi connectivity index (χ0n) is 16.2. The van der Waals surface area contributed by atoms with Crippen molar-refractivity contribution in [3.8, 4) is 0 Å². The monoisotopic (exact) mass is 330 g/mol. The first-order chi connectivity index (χ1) is 11.5. The number of fused-ring (bicyclic) bond motifs is 5. The summed E-state index contributed by atoms with van der Waals surface area (Å²) in [4.78, 5) is 11.1. The molecule has 0 spiro atoms. The van der Waals surface area contributed by atoms with Crippen molar-refractivity contribution in [2.75, 3.05) is 0 Å². The molecular formula is C23H38O. The number of hydrogen-bond acceptors (Lipinski definition) is 1. The quantitative estimate of drug-likeness (QED) is 0.558. The van der Waals surface area contributed by atoms with Gasteiger partial charge in [0.15, 0.2) is 0 Å². The van der Waals surface area contributed by atoms with E-state index in [9.17, 15) is 4.79 Å². The van der Waals surface area contributed by atoms with Crippen LogP contribution in [0.3, 0.4) is 0 Å². The van der Waals surface area contributed by atoms with E-state index in [0.29, 0.717) is 16.7 Å². The molecule has 0 N–H and O–H groups in total. The molecule has 0 bridgehead atoms. The van der Waals surface area contributed by atoms with E-state index in [0.717, 1.165) is 36.0 Å². The van der Waals surface area contributed by atoms with E-state index in [1.54, 1.807) is 0 Å². The van der Waals surface area contributed by atoms with E-state index in [2.05, 4.69) is 20.8 Å². The lowest BCUT2D eigenvalue weighted by atomic mass is 9.44. The minimum absolute atomic E-state index is 0.529. The first kappa shape index (κ1) is 17.1. The van der Waals surface area contributed by atoms with Crippen molar-refractivity contribution in [3.05, 3.63) is 0 Å². The third-order valence-corrected chi connectivity index (χ3v) is 9.81. The van der Waals surface area contributed by atoms with Crippen molar-refractivity contribution in [1.29, 1.82) is 0 Å². The van der Waals surface area contributed by atoms with Gasteiger partial charge in [0.25, 0.3) is 0 Å². The maximum absolute atomic E-state index is 11.1. The number of hydrogen-bond donors (Lipinski definition) is 0. The van der Waals surface area contributed by atoms with Gasteiger partial charge in [0.1, 0.15) is 6.29 Å². The molecule has 4 aliphatic rings. The smallest absolute Gasteiger partial charge is 0.120 e. The number of aldehydes is 1. The highest BCUT2D eigenvalue weighted by Gasteiger charge is 2.59. The molecule has 0 aromatic rings. The zero-order chi connectivity index (χ0) is 16.9. The normalized spacial score (nSPS) is 52.0. The standard InChI is InChI=1S/C23H38O/c1-16(12-15-24)19-9-10-20-18-8-7-17-6-4-5-13-22(17,2)21(18)11-14-23(19,20)3/h15-21H,4-14H2,1-3H3/t16?,17?,18-,19+,20-,21-,22-,23+/m0/s1. The molecule has 4 fully saturated rings. The Hall–Kier alpha value is -0.330. The Balaban J connectivity index is 1.58. The summed E-state index contributed by atoms with van der Waals surface area (Å²) in [6.45, 7) is 7.64. The van der Waals surface area contributed by atoms with Crippen LogP contribution in [0, 0.1) is 46.3 Å². The molecule has 0 amide bonds. The van der Waals surface area contributed by atoms with Crippen molar-refractivity contribution >= 4 is 6.29 Å². The van der Waals surface area contributed by atoms with E-state index >= 15 is 0 Å². The van der Waals surface area contributed by atoms with Gasteiger partial charge in [-0.05, 0) is 97.7 Å². The fourth-order valence-corrected chi connectivity index (χ4v) is 8.59. The molecule has 2 unspecified atom stereocenters. The Morgan fingerprint density at radius 3 is 2.50 bits per heavy atom. The van der Waals surface area contributed by atoms with Gasteiger partial charge in [0, 0.05) is 6.42 Å². The molecule has 0 aromatic heterocycles. The Morgan fingerprint density at radius 1 is 0.917 bits per heavy atom. The van der Waals surface area contributed by atoms with Crippen LogP contribution in [0.4, 0.5) is 0 Å². The Morgan fingerprint density at radius 2 is 1.71 bits per heavy atom. The summed E-state index contributed by atoms with van der Waals surface area (Å²) in [6, 6.07) is 0. The molecule has 24 heavy (non-hydrogen) atoms. The van der Waals surface area contributed by atoms with Gasteiger partial charge in [0.05, 0.1) is 0 Å². The van der Waals surface area contributed by atoms with Crippen LogP contribution in [0.25, 0.3) is 0 Å². The van der Waals surface area contributed by atoms with Crippen molar-refractivity contribution in [3.63, 3.8) is 0 Å². The molecule has 8 atom stereocenters. The number of carbonyl (C=O) groups is 1. The van der Waals surface area contributed by atoms with Gasteiger partial charge in [-0.15, -0.1) is 0 Å². The first-order valence-electron chi connectivity index (χ1n) is 10.9. The summed E-state index contributed by atoms with van der Waals surface area (Å²) >= 11 is 0. The van der Waals surface area contributed by atoms with Gasteiger partial charge < -0.3 is 4.79 Å². The van der Waals surface area contributed by atoms with Gasteiger partial charge in [-0.25, -0.2) is 0 Å². The second-order valence-corrected chi connectivity index (χ2v) is 10.5. The topological polar surface area (TPSA) is 17.1 Å². The van der Waals surface area contributed by atoms with E-state index < -0.39 is 0 Å². The molecule has 4 saturated carbocycles. The Labute approximate surface area is 149 Å². The van der Waals surface area contributed by atoms with Gasteiger partial charge in [-0.1, -0.05) is 33.6 Å². The summed E-state index contributed by atoms with van der Waals surface area (Å²) in [7, 11) is 0. The summed E-state index contributed by atoms with van der Waals surface area (Å²) in [6.07, 6.45) is 16.7. The van der Waals surface area contributed by atoms with Crippen molar-refractivity contribution in [1.82, 2.24) is 0 Å². The average molecular weight is 331 g/mol. The van der Waals surface area contributed by atoms with Gasteiger partial charge in [0.2, 0.25) is 0 Å². The molecule has 136 valence electrons. The maximum Gasteiger partial charge on any atom is 0.120 e. The highest BCUT2D eigenvalue weighted by atomic mass is 16.1. The summed E-state index contributed by atoms with van der Waals surface area (Å²) in [5.74, 6) is 5.38. The SMILES string of the molecule is CC(CC=O)[C@H]1CC[C@H]2[C@@H]3CCC4CCCC[C@]4(C)[C@H]3CC[C@]12C. The van der Waals surface area contributed by atoms with Gasteiger partial charge >= 0.3 is 0 Å². The minimum atomic E-state index is 0.529. The molecule has 0 saturated heterocycles. The molecule has 4 aliphatic carbocycles. The molecular weight excluding hydrogens is 292 g/mol. The van der Waals surface area contributed by atoms with Crippen LogP contribution in [0.1, 0.15) is 91.4 Å². The number of carbonyl (C=O) groups excluding carboxylic acids is 1. The predicted octanol–water partition coefficient (Wildman–Crippen LogP) is 6.26. The van der Waals surface area contributed by atoms with Gasteiger partial charge in [-0.3, -0.25) is 0 Å². The second-order valence-electron chi connectivity index (χ2n) is 10.5. The fraction of sp³-hybridized carbons (Fsp3) is 0.957. The maximum atomic E-state index is 11.1. The van der Waals surface area contributed by atoms with Crippen molar-refractivity contribution < 1.29 is 4.79 Å². The molecule has 0 radical (unpaired) electrons. The molecule has 1 nitrogen and oxygen atoms in total. The van der Waals surface area contributed by atoms with Crippen LogP contribution in [0.15, 0.2) is 0 Å². The fourth-order valence-electron chi connectivity index (χ4n) is 8.59. The summed E-state index contributed by atoms with van der Waals surface area (Å²) in [5, 5.41) is 0. The van der Waals surface area contributed by atoms with Crippen LogP contribution >= 0.6 is 0 Å². The second kappa shape index (κ2) is 6.13. The van der Waals surface area contributed by atoms with E-state index in [4.69, 9.17) is 0 Å². The van der Waals surface area contributed by atoms with Crippen molar-refractivity contribution in [2.24, 2.45) is 46.3 Å². The van der Waals surface area contributed by atoms with Crippen molar-refractivity contribution in [2.45, 2.75) is 91.4 Å². The third kappa shape index (κ3) is 2.36. The molecule has 0 heterocycles. The van der Waals surface area contributed by atoms with E-state index in [1.165, 1.54) is 70.5 Å². The first-order valence-corrected chi connectivity index (χ1v) is 10.9. The Kier molecular flexibility index (Phi) is 4.37. The van der Waals surface area contributed by atoms with Crippen LogP contribution < -0.4 is 0 Å². The zero-order valence-corrected chi connectivity index (χ0v) is 16.2. The summed E-state index contributed by atoms with van der Waals surface area (Å²) < 4.78 is 0.